The highest BCUT2D eigenvalue weighted by atomic mass is 35.5. The van der Waals surface area contributed by atoms with Crippen LogP contribution in [0.5, 0.6) is 0 Å². The van der Waals surface area contributed by atoms with Crippen molar-refractivity contribution in [2.75, 3.05) is 13.1 Å². The predicted molar refractivity (Wildman–Crippen MR) is 118 cm³/mol. The molecule has 32 heavy (non-hydrogen) atoms. The maximum Gasteiger partial charge on any atom is 0.338 e. The molecular weight excluding hydrogens is 454 g/mol. The van der Waals surface area contributed by atoms with Crippen molar-refractivity contribution in [3.05, 3.63) is 64.5 Å². The number of hydrogen-bond acceptors (Lipinski definition) is 7. The normalized spacial score (nSPS) is 14.9. The van der Waals surface area contributed by atoms with Gasteiger partial charge in [-0.1, -0.05) is 24.1 Å². The topological polar surface area (TPSA) is 103 Å². The molecule has 8 nitrogen and oxygen atoms in total. The Balaban J connectivity index is 1.46. The van der Waals surface area contributed by atoms with E-state index in [4.69, 9.17) is 20.8 Å². The standard InChI is InChI=1S/C22H22ClN3O5S/c1-15-5-6-17(13-19(15)32(28,29)26-11-3-2-4-12-26)22(27)30-14-20-24-25-21(31-20)16-7-9-18(23)10-8-16/h5-10,13H,2-4,11-12,14H2,1H3. The van der Waals surface area contributed by atoms with Crippen molar-refractivity contribution in [2.24, 2.45) is 0 Å². The molecular formula is C22H22ClN3O5S. The number of aromatic nitrogens is 2. The summed E-state index contributed by atoms with van der Waals surface area (Å²) < 4.78 is 38.4. The van der Waals surface area contributed by atoms with Crippen LogP contribution in [-0.2, 0) is 21.4 Å². The molecule has 0 saturated carbocycles. The van der Waals surface area contributed by atoms with Crippen molar-refractivity contribution in [2.45, 2.75) is 37.7 Å². The molecule has 1 aliphatic heterocycles. The van der Waals surface area contributed by atoms with Crippen molar-refractivity contribution >= 4 is 27.6 Å². The minimum atomic E-state index is -3.67. The number of ether oxygens (including phenoxy) is 1. The maximum absolute atomic E-state index is 13.1. The first-order chi connectivity index (χ1) is 15.3. The molecule has 3 aromatic rings. The van der Waals surface area contributed by atoms with Crippen molar-refractivity contribution in [1.29, 1.82) is 0 Å². The number of rotatable bonds is 6. The van der Waals surface area contributed by atoms with Gasteiger partial charge in [-0.15, -0.1) is 10.2 Å². The molecule has 4 rings (SSSR count). The lowest BCUT2D eigenvalue weighted by Gasteiger charge is -2.26. The highest BCUT2D eigenvalue weighted by Gasteiger charge is 2.28. The van der Waals surface area contributed by atoms with Crippen LogP contribution in [0.1, 0.15) is 41.1 Å². The van der Waals surface area contributed by atoms with Crippen molar-refractivity contribution in [1.82, 2.24) is 14.5 Å². The van der Waals surface area contributed by atoms with E-state index in [0.29, 0.717) is 29.2 Å². The molecule has 0 spiro atoms. The Morgan fingerprint density at radius 2 is 1.81 bits per heavy atom. The molecule has 1 saturated heterocycles. The number of carbonyl (C=O) groups is 1. The zero-order valence-electron chi connectivity index (χ0n) is 17.5. The average Bonchev–Trinajstić information content (AvgIpc) is 3.28. The van der Waals surface area contributed by atoms with Crippen LogP contribution in [0.2, 0.25) is 5.02 Å². The summed E-state index contributed by atoms with van der Waals surface area (Å²) in [5, 5.41) is 8.41. The van der Waals surface area contributed by atoms with Crippen molar-refractivity contribution < 1.29 is 22.4 Å². The molecule has 0 aliphatic carbocycles. The molecule has 0 N–H and O–H groups in total. The Morgan fingerprint density at radius 3 is 2.53 bits per heavy atom. The SMILES string of the molecule is Cc1ccc(C(=O)OCc2nnc(-c3ccc(Cl)cc3)o2)cc1S(=O)(=O)N1CCCCC1. The Bertz CT molecular complexity index is 1220. The lowest BCUT2D eigenvalue weighted by Crippen LogP contribution is -2.36. The third-order valence-electron chi connectivity index (χ3n) is 5.24. The second kappa shape index (κ2) is 9.40. The number of halogens is 1. The van der Waals surface area contributed by atoms with Crippen LogP contribution in [0.15, 0.2) is 51.8 Å². The zero-order chi connectivity index (χ0) is 22.7. The molecule has 168 valence electrons. The predicted octanol–water partition coefficient (Wildman–Crippen LogP) is 4.23. The minimum absolute atomic E-state index is 0.122. The van der Waals surface area contributed by atoms with Gasteiger partial charge in [0.2, 0.25) is 15.9 Å². The summed E-state index contributed by atoms with van der Waals surface area (Å²) in [5.74, 6) is -0.277. The Hall–Kier alpha value is -2.75. The van der Waals surface area contributed by atoms with Crippen LogP contribution in [0, 0.1) is 6.92 Å². The van der Waals surface area contributed by atoms with Gasteiger partial charge >= 0.3 is 5.97 Å². The Morgan fingerprint density at radius 1 is 1.09 bits per heavy atom. The molecule has 1 fully saturated rings. The fourth-order valence-corrected chi connectivity index (χ4v) is 5.37. The van der Waals surface area contributed by atoms with Gasteiger partial charge in [-0.3, -0.25) is 0 Å². The van der Waals surface area contributed by atoms with Gasteiger partial charge < -0.3 is 9.15 Å². The molecule has 0 bridgehead atoms. The number of sulfonamides is 1. The van der Waals surface area contributed by atoms with E-state index in [0.717, 1.165) is 19.3 Å². The molecule has 0 amide bonds. The van der Waals surface area contributed by atoms with Crippen LogP contribution in [0.3, 0.4) is 0 Å². The van der Waals surface area contributed by atoms with E-state index >= 15 is 0 Å². The number of nitrogens with zero attached hydrogens (tertiary/aromatic N) is 3. The van der Waals surface area contributed by atoms with Gasteiger partial charge in [0, 0.05) is 23.7 Å². The second-order valence-electron chi connectivity index (χ2n) is 7.53. The van der Waals surface area contributed by atoms with E-state index in [2.05, 4.69) is 10.2 Å². The molecule has 0 radical (unpaired) electrons. The number of carbonyl (C=O) groups excluding carboxylic acids is 1. The molecule has 2 aromatic carbocycles. The van der Waals surface area contributed by atoms with E-state index in [1.165, 1.54) is 10.4 Å². The third-order valence-corrected chi connectivity index (χ3v) is 7.53. The summed E-state index contributed by atoms with van der Waals surface area (Å²) in [4.78, 5) is 12.7. The van der Waals surface area contributed by atoms with Gasteiger partial charge in [0.1, 0.15) is 0 Å². The van der Waals surface area contributed by atoms with Crippen molar-refractivity contribution in [3.63, 3.8) is 0 Å². The number of esters is 1. The van der Waals surface area contributed by atoms with Crippen LogP contribution in [-0.4, -0.2) is 42.0 Å². The summed E-state index contributed by atoms with van der Waals surface area (Å²) in [7, 11) is -3.67. The summed E-state index contributed by atoms with van der Waals surface area (Å²) in [6, 6.07) is 11.4. The van der Waals surface area contributed by atoms with E-state index < -0.39 is 16.0 Å². The van der Waals surface area contributed by atoms with E-state index in [1.807, 2.05) is 0 Å². The summed E-state index contributed by atoms with van der Waals surface area (Å²) in [5.41, 5.74) is 1.41. The van der Waals surface area contributed by atoms with Crippen LogP contribution < -0.4 is 0 Å². The van der Waals surface area contributed by atoms with Gasteiger partial charge in [0.15, 0.2) is 6.61 Å². The summed E-state index contributed by atoms with van der Waals surface area (Å²) in [6.45, 7) is 2.46. The molecule has 1 aliphatic rings. The fraction of sp³-hybridized carbons (Fsp3) is 0.318. The monoisotopic (exact) mass is 475 g/mol. The summed E-state index contributed by atoms with van der Waals surface area (Å²) in [6.07, 6.45) is 2.69. The van der Waals surface area contributed by atoms with Crippen molar-refractivity contribution in [3.8, 4) is 11.5 Å². The highest BCUT2D eigenvalue weighted by molar-refractivity contribution is 7.89. The number of aryl methyl sites for hydroxylation is 1. The fourth-order valence-electron chi connectivity index (χ4n) is 3.48. The van der Waals surface area contributed by atoms with Crippen LogP contribution in [0.25, 0.3) is 11.5 Å². The first-order valence-electron chi connectivity index (χ1n) is 10.2. The number of hydrogen-bond donors (Lipinski definition) is 0. The van der Waals surface area contributed by atoms with E-state index in [9.17, 15) is 13.2 Å². The molecule has 0 atom stereocenters. The van der Waals surface area contributed by atoms with Gasteiger partial charge in [0.25, 0.3) is 5.89 Å². The van der Waals surface area contributed by atoms with Gasteiger partial charge in [0.05, 0.1) is 10.5 Å². The van der Waals surface area contributed by atoms with E-state index in [1.54, 1.807) is 43.3 Å². The smallest absolute Gasteiger partial charge is 0.338 e. The summed E-state index contributed by atoms with van der Waals surface area (Å²) >= 11 is 5.88. The zero-order valence-corrected chi connectivity index (χ0v) is 19.0. The third kappa shape index (κ3) is 4.85. The lowest BCUT2D eigenvalue weighted by molar-refractivity contribution is 0.0438. The van der Waals surface area contributed by atoms with Crippen LogP contribution in [0.4, 0.5) is 0 Å². The lowest BCUT2D eigenvalue weighted by atomic mass is 10.1. The second-order valence-corrected chi connectivity index (χ2v) is 9.87. The largest absolute Gasteiger partial charge is 0.452 e. The minimum Gasteiger partial charge on any atom is -0.452 e. The molecule has 2 heterocycles. The average molecular weight is 476 g/mol. The molecule has 0 unspecified atom stereocenters. The van der Waals surface area contributed by atoms with Gasteiger partial charge in [-0.25, -0.2) is 13.2 Å². The first-order valence-corrected chi connectivity index (χ1v) is 12.0. The molecule has 1 aromatic heterocycles. The number of benzene rings is 2. The van der Waals surface area contributed by atoms with Gasteiger partial charge in [-0.2, -0.15) is 4.31 Å². The van der Waals surface area contributed by atoms with E-state index in [-0.39, 0.29) is 28.8 Å². The maximum atomic E-state index is 13.1. The van der Waals surface area contributed by atoms with Gasteiger partial charge in [-0.05, 0) is 61.7 Å². The highest BCUT2D eigenvalue weighted by Crippen LogP contribution is 2.25. The Labute approximate surface area is 191 Å². The quantitative estimate of drug-likeness (QED) is 0.491. The Kier molecular flexibility index (Phi) is 6.59. The van der Waals surface area contributed by atoms with Crippen LogP contribution >= 0.6 is 11.6 Å². The first kappa shape index (κ1) is 22.4. The molecule has 10 heteroatoms. The number of piperidine rings is 1.